The average Bonchev–Trinajstić information content (AvgIpc) is 2.54. The summed E-state index contributed by atoms with van der Waals surface area (Å²) in [4.78, 5) is 16.5. The summed E-state index contributed by atoms with van der Waals surface area (Å²) in [7, 11) is 0. The van der Waals surface area contributed by atoms with Gasteiger partial charge in [-0.2, -0.15) is 0 Å². The molecule has 0 aromatic heterocycles. The highest BCUT2D eigenvalue weighted by Crippen LogP contribution is 2.15. The number of para-hydroxylation sites is 1. The zero-order chi connectivity index (χ0) is 15.8. The van der Waals surface area contributed by atoms with Crippen LogP contribution in [0.25, 0.3) is 0 Å². The minimum Gasteiger partial charge on any atom is -0.369 e. The van der Waals surface area contributed by atoms with E-state index in [-0.39, 0.29) is 36.8 Å². The number of hydrogen-bond donors (Lipinski definition) is 2. The highest BCUT2D eigenvalue weighted by atomic mass is 35.5. The molecule has 1 atom stereocenters. The van der Waals surface area contributed by atoms with Crippen LogP contribution in [0, 0.1) is 0 Å². The molecule has 0 saturated carbocycles. The molecule has 5 nitrogen and oxygen atoms in total. The lowest BCUT2D eigenvalue weighted by molar-refractivity contribution is -0.121. The van der Waals surface area contributed by atoms with E-state index in [2.05, 4.69) is 39.4 Å². The van der Waals surface area contributed by atoms with Gasteiger partial charge in [-0.15, -0.1) is 24.8 Å². The molecule has 0 aliphatic carbocycles. The summed E-state index contributed by atoms with van der Waals surface area (Å²) in [5.74, 6) is 0.131. The standard InChI is InChI=1S/C17H28N4O.2ClH/c1-15(18)7-9-19-17(22)8-10-20-11-13-21(14-12-20)16-5-3-2-4-6-16;;/h2-6,15H,7-14,18H2,1H3,(H,19,22);2*1H. The zero-order valence-corrected chi connectivity index (χ0v) is 16.0. The van der Waals surface area contributed by atoms with E-state index in [9.17, 15) is 4.79 Å². The van der Waals surface area contributed by atoms with Gasteiger partial charge < -0.3 is 16.0 Å². The van der Waals surface area contributed by atoms with Gasteiger partial charge in [-0.1, -0.05) is 18.2 Å². The maximum absolute atomic E-state index is 11.8. The minimum absolute atomic E-state index is 0. The number of anilines is 1. The Morgan fingerprint density at radius 1 is 1.17 bits per heavy atom. The van der Waals surface area contributed by atoms with Crippen molar-refractivity contribution in [1.82, 2.24) is 10.2 Å². The predicted molar refractivity (Wildman–Crippen MR) is 105 cm³/mol. The van der Waals surface area contributed by atoms with E-state index in [0.29, 0.717) is 13.0 Å². The molecule has 1 amide bonds. The first kappa shape index (κ1) is 23.0. The van der Waals surface area contributed by atoms with E-state index in [1.54, 1.807) is 0 Å². The van der Waals surface area contributed by atoms with Gasteiger partial charge in [0.15, 0.2) is 0 Å². The average molecular weight is 377 g/mol. The lowest BCUT2D eigenvalue weighted by atomic mass is 10.2. The van der Waals surface area contributed by atoms with Gasteiger partial charge in [-0.05, 0) is 25.5 Å². The molecule has 1 saturated heterocycles. The highest BCUT2D eigenvalue weighted by molar-refractivity contribution is 5.85. The Kier molecular flexibility index (Phi) is 11.8. The van der Waals surface area contributed by atoms with Crippen LogP contribution in [0.4, 0.5) is 5.69 Å². The van der Waals surface area contributed by atoms with Crippen molar-refractivity contribution in [2.75, 3.05) is 44.2 Å². The SMILES string of the molecule is CC(N)CCNC(=O)CCN1CCN(c2ccccc2)CC1.Cl.Cl. The summed E-state index contributed by atoms with van der Waals surface area (Å²) < 4.78 is 0. The Labute approximate surface area is 157 Å². The molecule has 1 aromatic rings. The third kappa shape index (κ3) is 8.20. The van der Waals surface area contributed by atoms with Crippen molar-refractivity contribution >= 4 is 36.4 Å². The number of benzene rings is 1. The molecule has 1 unspecified atom stereocenters. The predicted octanol–water partition coefficient (Wildman–Crippen LogP) is 1.90. The maximum atomic E-state index is 11.8. The normalized spacial score (nSPS) is 15.8. The van der Waals surface area contributed by atoms with Gasteiger partial charge in [0.1, 0.15) is 0 Å². The van der Waals surface area contributed by atoms with Gasteiger partial charge in [-0.25, -0.2) is 0 Å². The fourth-order valence-corrected chi connectivity index (χ4v) is 2.66. The molecule has 24 heavy (non-hydrogen) atoms. The molecule has 1 aliphatic rings. The quantitative estimate of drug-likeness (QED) is 0.762. The van der Waals surface area contributed by atoms with Crippen molar-refractivity contribution in [1.29, 1.82) is 0 Å². The maximum Gasteiger partial charge on any atom is 0.221 e. The second-order valence-corrected chi connectivity index (χ2v) is 6.03. The lowest BCUT2D eigenvalue weighted by Gasteiger charge is -2.36. The summed E-state index contributed by atoms with van der Waals surface area (Å²) >= 11 is 0. The van der Waals surface area contributed by atoms with E-state index in [0.717, 1.165) is 39.1 Å². The summed E-state index contributed by atoms with van der Waals surface area (Å²) in [5, 5.41) is 2.93. The van der Waals surface area contributed by atoms with Crippen molar-refractivity contribution in [3.8, 4) is 0 Å². The third-order valence-corrected chi connectivity index (χ3v) is 4.07. The van der Waals surface area contributed by atoms with E-state index in [4.69, 9.17) is 5.73 Å². The monoisotopic (exact) mass is 376 g/mol. The van der Waals surface area contributed by atoms with Gasteiger partial charge in [0, 0.05) is 57.4 Å². The van der Waals surface area contributed by atoms with Crippen LogP contribution >= 0.6 is 24.8 Å². The highest BCUT2D eigenvalue weighted by Gasteiger charge is 2.17. The molecule has 3 N–H and O–H groups in total. The van der Waals surface area contributed by atoms with Crippen LogP contribution in [0.1, 0.15) is 19.8 Å². The molecule has 0 spiro atoms. The number of halogens is 2. The number of carbonyl (C=O) groups is 1. The Balaban J connectivity index is 0.00000264. The van der Waals surface area contributed by atoms with Gasteiger partial charge in [0.05, 0.1) is 0 Å². The molecule has 1 fully saturated rings. The van der Waals surface area contributed by atoms with E-state index in [1.165, 1.54) is 5.69 Å². The van der Waals surface area contributed by atoms with Crippen molar-refractivity contribution in [3.05, 3.63) is 30.3 Å². The molecule has 1 aromatic carbocycles. The first-order chi connectivity index (χ1) is 10.6. The van der Waals surface area contributed by atoms with Crippen LogP contribution in [-0.2, 0) is 4.79 Å². The van der Waals surface area contributed by atoms with Crippen molar-refractivity contribution < 1.29 is 4.79 Å². The first-order valence-electron chi connectivity index (χ1n) is 8.20. The number of carbonyl (C=O) groups excluding carboxylic acids is 1. The van der Waals surface area contributed by atoms with E-state index >= 15 is 0 Å². The number of hydrogen-bond acceptors (Lipinski definition) is 4. The van der Waals surface area contributed by atoms with Crippen molar-refractivity contribution in [2.24, 2.45) is 5.73 Å². The smallest absolute Gasteiger partial charge is 0.221 e. The molecule has 2 rings (SSSR count). The number of nitrogens with zero attached hydrogens (tertiary/aromatic N) is 2. The lowest BCUT2D eigenvalue weighted by Crippen LogP contribution is -2.47. The summed E-state index contributed by atoms with van der Waals surface area (Å²) in [5.41, 5.74) is 6.95. The summed E-state index contributed by atoms with van der Waals surface area (Å²) in [6, 6.07) is 10.7. The Morgan fingerprint density at radius 3 is 2.38 bits per heavy atom. The number of nitrogens with two attached hydrogens (primary N) is 1. The molecule has 1 aliphatic heterocycles. The molecule has 1 heterocycles. The first-order valence-corrected chi connectivity index (χ1v) is 8.20. The van der Waals surface area contributed by atoms with Gasteiger partial charge in [-0.3, -0.25) is 9.69 Å². The number of nitrogens with one attached hydrogen (secondary N) is 1. The third-order valence-electron chi connectivity index (χ3n) is 4.07. The van der Waals surface area contributed by atoms with Crippen molar-refractivity contribution in [2.45, 2.75) is 25.8 Å². The van der Waals surface area contributed by atoms with Gasteiger partial charge >= 0.3 is 0 Å². The summed E-state index contributed by atoms with van der Waals surface area (Å²) in [6.07, 6.45) is 1.41. The molecule has 0 bridgehead atoms. The molecule has 0 radical (unpaired) electrons. The fraction of sp³-hybridized carbons (Fsp3) is 0.588. The van der Waals surface area contributed by atoms with Crippen LogP contribution in [0.2, 0.25) is 0 Å². The van der Waals surface area contributed by atoms with Crippen LogP contribution in [0.15, 0.2) is 30.3 Å². The van der Waals surface area contributed by atoms with Gasteiger partial charge in [0.25, 0.3) is 0 Å². The van der Waals surface area contributed by atoms with Crippen molar-refractivity contribution in [3.63, 3.8) is 0 Å². The second kappa shape index (κ2) is 12.4. The Morgan fingerprint density at radius 2 is 1.79 bits per heavy atom. The van der Waals surface area contributed by atoms with Crippen LogP contribution in [0.5, 0.6) is 0 Å². The zero-order valence-electron chi connectivity index (χ0n) is 14.3. The number of amides is 1. The topological polar surface area (TPSA) is 61.6 Å². The Bertz CT molecular complexity index is 451. The van der Waals surface area contributed by atoms with E-state index in [1.807, 2.05) is 13.0 Å². The minimum atomic E-state index is 0. The second-order valence-electron chi connectivity index (χ2n) is 6.03. The molecular formula is C17H30Cl2N4O. The van der Waals surface area contributed by atoms with E-state index < -0.39 is 0 Å². The Hall–Kier alpha value is -1.01. The van der Waals surface area contributed by atoms with Gasteiger partial charge in [0.2, 0.25) is 5.91 Å². The molecular weight excluding hydrogens is 347 g/mol. The van der Waals surface area contributed by atoms with Crippen LogP contribution < -0.4 is 16.0 Å². The van der Waals surface area contributed by atoms with Crippen LogP contribution in [0.3, 0.4) is 0 Å². The largest absolute Gasteiger partial charge is 0.369 e. The van der Waals surface area contributed by atoms with Crippen LogP contribution in [-0.4, -0.2) is 56.1 Å². The number of rotatable bonds is 7. The fourth-order valence-electron chi connectivity index (χ4n) is 2.66. The molecule has 7 heteroatoms. The molecule has 138 valence electrons. The summed E-state index contributed by atoms with van der Waals surface area (Å²) in [6.45, 7) is 7.56. The number of piperazine rings is 1.